The molecule has 3 rings (SSSR count). The summed E-state index contributed by atoms with van der Waals surface area (Å²) in [4.78, 5) is 26.4. The maximum Gasteiger partial charge on any atom is 0.323 e. The number of carbonyl (C=O) groups is 2. The second kappa shape index (κ2) is 5.76. The highest BCUT2D eigenvalue weighted by Crippen LogP contribution is 2.43. The smallest absolute Gasteiger partial charge is 0.323 e. The van der Waals surface area contributed by atoms with Crippen LogP contribution in [-0.4, -0.2) is 28.5 Å². The zero-order chi connectivity index (χ0) is 15.9. The molecular formula is C16H17FN2O2S. The quantitative estimate of drug-likeness (QED) is 0.930. The molecule has 0 aliphatic carbocycles. The van der Waals surface area contributed by atoms with Crippen molar-refractivity contribution in [1.29, 1.82) is 0 Å². The standard InChI is InChI=1S/C16H17FN2O2S/c1-3-12(20)13-14(10-4-6-11(17)7-5-10)18-16(21)19-8-9(2)22-15(13)19/h4-7,9,14H,3,8H2,1-2H3,(H,18,21). The maximum absolute atomic E-state index is 13.1. The molecule has 4 nitrogen and oxygen atoms in total. The zero-order valence-electron chi connectivity index (χ0n) is 12.4. The molecular weight excluding hydrogens is 303 g/mol. The average Bonchev–Trinajstić information content (AvgIpc) is 2.89. The first-order valence-corrected chi connectivity index (χ1v) is 8.16. The lowest BCUT2D eigenvalue weighted by atomic mass is 9.93. The number of hydrogen-bond acceptors (Lipinski definition) is 3. The van der Waals surface area contributed by atoms with Crippen molar-refractivity contribution in [2.24, 2.45) is 0 Å². The van der Waals surface area contributed by atoms with E-state index in [1.165, 1.54) is 12.1 Å². The molecule has 116 valence electrons. The molecule has 2 atom stereocenters. The Labute approximate surface area is 132 Å². The third kappa shape index (κ3) is 2.52. The lowest BCUT2D eigenvalue weighted by molar-refractivity contribution is -0.115. The lowest BCUT2D eigenvalue weighted by Gasteiger charge is -2.32. The van der Waals surface area contributed by atoms with Crippen molar-refractivity contribution >= 4 is 23.6 Å². The summed E-state index contributed by atoms with van der Waals surface area (Å²) in [7, 11) is 0. The fraction of sp³-hybridized carbons (Fsp3) is 0.375. The van der Waals surface area contributed by atoms with E-state index in [4.69, 9.17) is 0 Å². The predicted octanol–water partition coefficient (Wildman–Crippen LogP) is 3.22. The van der Waals surface area contributed by atoms with Crippen LogP contribution in [0.5, 0.6) is 0 Å². The molecule has 2 aliphatic heterocycles. The fourth-order valence-electron chi connectivity index (χ4n) is 2.79. The topological polar surface area (TPSA) is 49.4 Å². The Bertz CT molecular complexity index is 657. The van der Waals surface area contributed by atoms with Crippen LogP contribution in [0.25, 0.3) is 0 Å². The molecule has 0 radical (unpaired) electrons. The minimum atomic E-state index is -0.510. The summed E-state index contributed by atoms with van der Waals surface area (Å²) in [6.07, 6.45) is 0.370. The van der Waals surface area contributed by atoms with Crippen LogP contribution >= 0.6 is 11.8 Å². The van der Waals surface area contributed by atoms with E-state index in [2.05, 4.69) is 5.32 Å². The van der Waals surface area contributed by atoms with Gasteiger partial charge in [-0.05, 0) is 17.7 Å². The average molecular weight is 320 g/mol. The van der Waals surface area contributed by atoms with Gasteiger partial charge < -0.3 is 5.32 Å². The van der Waals surface area contributed by atoms with Gasteiger partial charge in [-0.25, -0.2) is 9.18 Å². The number of Topliss-reactive ketones (excluding diaryl/α,β-unsaturated/α-hetero) is 1. The van der Waals surface area contributed by atoms with Crippen LogP contribution in [0.2, 0.25) is 0 Å². The zero-order valence-corrected chi connectivity index (χ0v) is 13.2. The highest BCUT2D eigenvalue weighted by molar-refractivity contribution is 8.04. The molecule has 6 heteroatoms. The molecule has 2 unspecified atom stereocenters. The monoisotopic (exact) mass is 320 g/mol. The van der Waals surface area contributed by atoms with Gasteiger partial charge in [0, 0.05) is 18.2 Å². The first-order chi connectivity index (χ1) is 10.5. The molecule has 0 spiro atoms. The van der Waals surface area contributed by atoms with Crippen LogP contribution in [0.3, 0.4) is 0 Å². The Kier molecular flexibility index (Phi) is 3.95. The van der Waals surface area contributed by atoms with Gasteiger partial charge in [0.05, 0.1) is 16.6 Å². The van der Waals surface area contributed by atoms with Crippen LogP contribution < -0.4 is 5.32 Å². The molecule has 1 N–H and O–H groups in total. The van der Waals surface area contributed by atoms with E-state index in [0.717, 1.165) is 10.6 Å². The number of hydrogen-bond donors (Lipinski definition) is 1. The summed E-state index contributed by atoms with van der Waals surface area (Å²) < 4.78 is 13.1. The normalized spacial score (nSPS) is 24.3. The second-order valence-corrected chi connectivity index (χ2v) is 6.90. The van der Waals surface area contributed by atoms with Crippen molar-refractivity contribution in [2.75, 3.05) is 6.54 Å². The van der Waals surface area contributed by atoms with E-state index < -0.39 is 6.04 Å². The molecule has 1 saturated heterocycles. The van der Waals surface area contributed by atoms with E-state index in [0.29, 0.717) is 18.5 Å². The molecule has 0 aromatic heterocycles. The van der Waals surface area contributed by atoms with Gasteiger partial charge in [-0.15, -0.1) is 11.8 Å². The van der Waals surface area contributed by atoms with Crippen molar-refractivity contribution in [3.05, 3.63) is 46.2 Å². The van der Waals surface area contributed by atoms with Gasteiger partial charge in [0.2, 0.25) is 0 Å². The third-order valence-electron chi connectivity index (χ3n) is 3.85. The molecule has 1 aromatic rings. The van der Waals surface area contributed by atoms with Gasteiger partial charge in [-0.3, -0.25) is 9.69 Å². The number of thioether (sulfide) groups is 1. The van der Waals surface area contributed by atoms with Crippen molar-refractivity contribution < 1.29 is 14.0 Å². The number of nitrogens with one attached hydrogen (secondary N) is 1. The van der Waals surface area contributed by atoms with Crippen molar-refractivity contribution in [1.82, 2.24) is 10.2 Å². The SMILES string of the molecule is CCC(=O)C1=C2SC(C)CN2C(=O)NC1c1ccc(F)cc1. The molecule has 0 bridgehead atoms. The van der Waals surface area contributed by atoms with Crippen molar-refractivity contribution in [2.45, 2.75) is 31.6 Å². The van der Waals surface area contributed by atoms with E-state index in [1.807, 2.05) is 6.92 Å². The fourth-order valence-corrected chi connectivity index (χ4v) is 4.04. The number of rotatable bonds is 3. The number of nitrogens with zero attached hydrogens (tertiary/aromatic N) is 1. The van der Waals surface area contributed by atoms with Crippen LogP contribution in [0.4, 0.5) is 9.18 Å². The van der Waals surface area contributed by atoms with Crippen molar-refractivity contribution in [3.8, 4) is 0 Å². The number of ketones is 1. The predicted molar refractivity (Wildman–Crippen MR) is 83.8 cm³/mol. The first kappa shape index (κ1) is 15.1. The molecule has 1 aromatic carbocycles. The maximum atomic E-state index is 13.1. The Morgan fingerprint density at radius 1 is 1.41 bits per heavy atom. The summed E-state index contributed by atoms with van der Waals surface area (Å²) in [5, 5.41) is 3.89. The van der Waals surface area contributed by atoms with Crippen molar-refractivity contribution in [3.63, 3.8) is 0 Å². The molecule has 2 amide bonds. The number of fused-ring (bicyclic) bond motifs is 1. The number of urea groups is 1. The van der Waals surface area contributed by atoms with Gasteiger partial charge >= 0.3 is 6.03 Å². The molecule has 22 heavy (non-hydrogen) atoms. The van der Waals surface area contributed by atoms with Crippen LogP contribution in [0.1, 0.15) is 31.9 Å². The van der Waals surface area contributed by atoms with E-state index in [-0.39, 0.29) is 22.9 Å². The van der Waals surface area contributed by atoms with Gasteiger partial charge in [0.25, 0.3) is 0 Å². The molecule has 0 saturated carbocycles. The number of benzene rings is 1. The third-order valence-corrected chi connectivity index (χ3v) is 5.07. The Hall–Kier alpha value is -1.82. The summed E-state index contributed by atoms with van der Waals surface area (Å²) in [6, 6.07) is 5.21. The number of amides is 2. The Morgan fingerprint density at radius 3 is 2.73 bits per heavy atom. The van der Waals surface area contributed by atoms with Gasteiger partial charge in [-0.2, -0.15) is 0 Å². The van der Waals surface area contributed by atoms with E-state index in [9.17, 15) is 14.0 Å². The molecule has 2 aliphatic rings. The van der Waals surface area contributed by atoms with E-state index in [1.54, 1.807) is 35.7 Å². The summed E-state index contributed by atoms with van der Waals surface area (Å²) in [6.45, 7) is 4.44. The second-order valence-electron chi connectivity index (χ2n) is 5.47. The van der Waals surface area contributed by atoms with Crippen LogP contribution in [-0.2, 0) is 4.79 Å². The largest absolute Gasteiger partial charge is 0.327 e. The van der Waals surface area contributed by atoms with Gasteiger partial charge in [-0.1, -0.05) is 26.0 Å². The van der Waals surface area contributed by atoms with Crippen LogP contribution in [0.15, 0.2) is 34.9 Å². The summed E-state index contributed by atoms with van der Waals surface area (Å²) in [5.74, 6) is -0.330. The molecule has 2 heterocycles. The highest BCUT2D eigenvalue weighted by Gasteiger charge is 2.41. The minimum absolute atomic E-state index is 0.0101. The summed E-state index contributed by atoms with van der Waals surface area (Å²) in [5.41, 5.74) is 1.34. The first-order valence-electron chi connectivity index (χ1n) is 7.28. The Morgan fingerprint density at radius 2 is 2.09 bits per heavy atom. The minimum Gasteiger partial charge on any atom is -0.327 e. The molecule has 1 fully saturated rings. The Balaban J connectivity index is 2.10. The number of carbonyl (C=O) groups excluding carboxylic acids is 2. The lowest BCUT2D eigenvalue weighted by Crippen LogP contribution is -2.46. The van der Waals surface area contributed by atoms with Crippen LogP contribution in [0, 0.1) is 5.82 Å². The summed E-state index contributed by atoms with van der Waals surface area (Å²) >= 11 is 1.56. The number of halogens is 1. The van der Waals surface area contributed by atoms with E-state index >= 15 is 0 Å². The highest BCUT2D eigenvalue weighted by atomic mass is 32.2. The van der Waals surface area contributed by atoms with Gasteiger partial charge in [0.15, 0.2) is 5.78 Å². The van der Waals surface area contributed by atoms with Gasteiger partial charge in [0.1, 0.15) is 5.82 Å².